The SMILES string of the molecule is CC(C)(C)OC(=O)Nc1ccc(F)c(C2(N)CC(F)(F)C2)c1. The summed E-state index contributed by atoms with van der Waals surface area (Å²) in [6, 6.07) is 3.69. The van der Waals surface area contributed by atoms with Crippen LogP contribution >= 0.6 is 0 Å². The molecule has 1 fully saturated rings. The molecule has 4 nitrogen and oxygen atoms in total. The summed E-state index contributed by atoms with van der Waals surface area (Å²) in [5.41, 5.74) is 3.94. The Hall–Kier alpha value is -1.76. The molecule has 0 heterocycles. The van der Waals surface area contributed by atoms with Crippen LogP contribution in [0, 0.1) is 5.82 Å². The normalized spacial score (nSPS) is 19.2. The number of benzene rings is 1. The van der Waals surface area contributed by atoms with Crippen molar-refractivity contribution < 1.29 is 22.7 Å². The van der Waals surface area contributed by atoms with Crippen LogP contribution in [0.3, 0.4) is 0 Å². The van der Waals surface area contributed by atoms with E-state index in [1.807, 2.05) is 0 Å². The summed E-state index contributed by atoms with van der Waals surface area (Å²) in [6.07, 6.45) is -1.95. The van der Waals surface area contributed by atoms with Crippen LogP contribution in [0.15, 0.2) is 18.2 Å². The lowest BCUT2D eigenvalue weighted by Crippen LogP contribution is -2.55. The average Bonchev–Trinajstić information content (AvgIpc) is 2.26. The molecular formula is C15H19F3N2O2. The van der Waals surface area contributed by atoms with Gasteiger partial charge in [0, 0.05) is 24.1 Å². The van der Waals surface area contributed by atoms with E-state index in [9.17, 15) is 18.0 Å². The third-order valence-electron chi connectivity index (χ3n) is 3.30. The predicted molar refractivity (Wildman–Crippen MR) is 76.3 cm³/mol. The van der Waals surface area contributed by atoms with Gasteiger partial charge in [-0.2, -0.15) is 0 Å². The Morgan fingerprint density at radius 2 is 1.91 bits per heavy atom. The Morgan fingerprint density at radius 3 is 2.41 bits per heavy atom. The minimum Gasteiger partial charge on any atom is -0.444 e. The minimum absolute atomic E-state index is 0.0352. The van der Waals surface area contributed by atoms with Crippen molar-refractivity contribution in [2.24, 2.45) is 5.73 Å². The number of carbonyl (C=O) groups excluding carboxylic acids is 1. The van der Waals surface area contributed by atoms with Crippen LogP contribution in [0.2, 0.25) is 0 Å². The van der Waals surface area contributed by atoms with Crippen LogP contribution in [0.4, 0.5) is 23.7 Å². The van der Waals surface area contributed by atoms with Crippen LogP contribution in [-0.4, -0.2) is 17.6 Å². The molecule has 1 aliphatic carbocycles. The second kappa shape index (κ2) is 5.15. The van der Waals surface area contributed by atoms with Gasteiger partial charge in [-0.3, -0.25) is 5.32 Å². The van der Waals surface area contributed by atoms with E-state index in [0.717, 1.165) is 6.07 Å². The molecule has 0 spiro atoms. The van der Waals surface area contributed by atoms with Gasteiger partial charge in [-0.05, 0) is 39.0 Å². The number of nitrogens with two attached hydrogens (primary N) is 1. The molecule has 0 radical (unpaired) electrons. The Kier molecular flexibility index (Phi) is 3.89. The van der Waals surface area contributed by atoms with Gasteiger partial charge in [-0.15, -0.1) is 0 Å². The maximum atomic E-state index is 13.9. The molecule has 0 bridgehead atoms. The first-order valence-corrected chi connectivity index (χ1v) is 6.87. The molecule has 0 aromatic heterocycles. The molecule has 22 heavy (non-hydrogen) atoms. The predicted octanol–water partition coefficient (Wildman–Crippen LogP) is 3.76. The fourth-order valence-electron chi connectivity index (χ4n) is 2.47. The molecule has 2 rings (SSSR count). The van der Waals surface area contributed by atoms with Crippen LogP contribution in [0.1, 0.15) is 39.2 Å². The van der Waals surface area contributed by atoms with Gasteiger partial charge >= 0.3 is 6.09 Å². The summed E-state index contributed by atoms with van der Waals surface area (Å²) < 4.78 is 45.1. The summed E-state index contributed by atoms with van der Waals surface area (Å²) in [4.78, 5) is 11.7. The highest BCUT2D eigenvalue weighted by Crippen LogP contribution is 2.50. The first-order valence-electron chi connectivity index (χ1n) is 6.87. The summed E-state index contributed by atoms with van der Waals surface area (Å²) in [5, 5.41) is 2.44. The summed E-state index contributed by atoms with van der Waals surface area (Å²) in [6.45, 7) is 5.11. The van der Waals surface area contributed by atoms with Gasteiger partial charge in [0.25, 0.3) is 5.92 Å². The second-order valence-electron chi connectivity index (χ2n) is 6.69. The summed E-state index contributed by atoms with van der Waals surface area (Å²) in [7, 11) is 0. The number of anilines is 1. The van der Waals surface area contributed by atoms with Crippen LogP contribution in [-0.2, 0) is 10.3 Å². The van der Waals surface area contributed by atoms with Crippen LogP contribution in [0.5, 0.6) is 0 Å². The molecule has 122 valence electrons. The highest BCUT2D eigenvalue weighted by Gasteiger charge is 2.56. The van der Waals surface area contributed by atoms with E-state index in [4.69, 9.17) is 10.5 Å². The lowest BCUT2D eigenvalue weighted by molar-refractivity contribution is -0.125. The Morgan fingerprint density at radius 1 is 1.32 bits per heavy atom. The van der Waals surface area contributed by atoms with E-state index in [1.165, 1.54) is 12.1 Å². The van der Waals surface area contributed by atoms with Crippen molar-refractivity contribution in [1.29, 1.82) is 0 Å². The van der Waals surface area contributed by atoms with Crippen molar-refractivity contribution in [2.75, 3.05) is 5.32 Å². The minimum atomic E-state index is -2.88. The number of alkyl halides is 2. The molecule has 1 saturated carbocycles. The number of hydrogen-bond donors (Lipinski definition) is 2. The largest absolute Gasteiger partial charge is 0.444 e. The maximum absolute atomic E-state index is 13.9. The molecule has 3 N–H and O–H groups in total. The van der Waals surface area contributed by atoms with Crippen molar-refractivity contribution in [1.82, 2.24) is 0 Å². The quantitative estimate of drug-likeness (QED) is 0.873. The van der Waals surface area contributed by atoms with E-state index in [-0.39, 0.29) is 11.3 Å². The molecule has 0 unspecified atom stereocenters. The zero-order valence-electron chi connectivity index (χ0n) is 12.7. The van der Waals surface area contributed by atoms with E-state index in [1.54, 1.807) is 20.8 Å². The fraction of sp³-hybridized carbons (Fsp3) is 0.533. The Labute approximate surface area is 126 Å². The van der Waals surface area contributed by atoms with E-state index in [2.05, 4.69) is 5.32 Å². The van der Waals surface area contributed by atoms with Gasteiger partial charge in [0.2, 0.25) is 0 Å². The number of amides is 1. The lowest BCUT2D eigenvalue weighted by atomic mass is 9.69. The van der Waals surface area contributed by atoms with E-state index >= 15 is 0 Å². The highest BCUT2D eigenvalue weighted by atomic mass is 19.3. The van der Waals surface area contributed by atoms with Gasteiger partial charge in [-0.1, -0.05) is 0 Å². The molecule has 0 saturated heterocycles. The Balaban J connectivity index is 2.16. The molecule has 1 aliphatic rings. The third-order valence-corrected chi connectivity index (χ3v) is 3.30. The molecule has 1 aromatic rings. The molecule has 1 amide bonds. The van der Waals surface area contributed by atoms with Crippen LogP contribution in [0.25, 0.3) is 0 Å². The molecule has 0 aliphatic heterocycles. The summed E-state index contributed by atoms with van der Waals surface area (Å²) in [5.74, 6) is -3.55. The number of rotatable bonds is 2. The average molecular weight is 316 g/mol. The monoisotopic (exact) mass is 316 g/mol. The van der Waals surface area contributed by atoms with E-state index in [0.29, 0.717) is 0 Å². The second-order valence-corrected chi connectivity index (χ2v) is 6.69. The third kappa shape index (κ3) is 3.71. The maximum Gasteiger partial charge on any atom is 0.412 e. The van der Waals surface area contributed by atoms with Gasteiger partial charge in [-0.25, -0.2) is 18.0 Å². The standard InChI is InChI=1S/C15H19F3N2O2/c1-13(2,3)22-12(21)20-9-4-5-11(16)10(6-9)14(19)7-15(17,18)8-14/h4-6H,7-8,19H2,1-3H3,(H,20,21). The first kappa shape index (κ1) is 16.6. The van der Waals surface area contributed by atoms with Crippen LogP contribution < -0.4 is 11.1 Å². The smallest absolute Gasteiger partial charge is 0.412 e. The first-order chi connectivity index (χ1) is 9.90. The van der Waals surface area contributed by atoms with Crippen molar-refractivity contribution >= 4 is 11.8 Å². The summed E-state index contributed by atoms with van der Waals surface area (Å²) >= 11 is 0. The zero-order valence-corrected chi connectivity index (χ0v) is 12.7. The van der Waals surface area contributed by atoms with Crippen molar-refractivity contribution in [2.45, 2.75) is 50.7 Å². The number of hydrogen-bond acceptors (Lipinski definition) is 3. The zero-order chi connectivity index (χ0) is 16.8. The lowest BCUT2D eigenvalue weighted by Gasteiger charge is -2.45. The van der Waals surface area contributed by atoms with E-state index < -0.39 is 41.8 Å². The fourth-order valence-corrected chi connectivity index (χ4v) is 2.47. The number of carbonyl (C=O) groups is 1. The van der Waals surface area contributed by atoms with Crippen molar-refractivity contribution in [3.63, 3.8) is 0 Å². The van der Waals surface area contributed by atoms with Crippen molar-refractivity contribution in [3.05, 3.63) is 29.6 Å². The molecule has 0 atom stereocenters. The molecule has 1 aromatic carbocycles. The number of nitrogens with one attached hydrogen (secondary N) is 1. The number of ether oxygens (including phenoxy) is 1. The van der Waals surface area contributed by atoms with Gasteiger partial charge in [0.1, 0.15) is 11.4 Å². The highest BCUT2D eigenvalue weighted by molar-refractivity contribution is 5.85. The molecular weight excluding hydrogens is 297 g/mol. The van der Waals surface area contributed by atoms with Gasteiger partial charge in [0.05, 0.1) is 5.54 Å². The topological polar surface area (TPSA) is 64.3 Å². The van der Waals surface area contributed by atoms with Gasteiger partial charge in [0.15, 0.2) is 0 Å². The number of halogens is 3. The van der Waals surface area contributed by atoms with Crippen molar-refractivity contribution in [3.8, 4) is 0 Å². The molecule has 7 heteroatoms. The van der Waals surface area contributed by atoms with Gasteiger partial charge < -0.3 is 10.5 Å². The Bertz CT molecular complexity index is 589.